The minimum Gasteiger partial charge on any atom is -0.311 e. The van der Waals surface area contributed by atoms with Crippen LogP contribution in [0.2, 0.25) is 0 Å². The lowest BCUT2D eigenvalue weighted by Gasteiger charge is -2.48. The van der Waals surface area contributed by atoms with Crippen LogP contribution in [0.25, 0.3) is 0 Å². The third-order valence-corrected chi connectivity index (χ3v) is 3.28. The van der Waals surface area contributed by atoms with Crippen LogP contribution >= 0.6 is 0 Å². The molecule has 2 rings (SSSR count). The zero-order valence-corrected chi connectivity index (χ0v) is 6.56. The van der Waals surface area contributed by atoms with E-state index in [0.717, 1.165) is 11.8 Å². The van der Waals surface area contributed by atoms with E-state index in [1.54, 1.807) is 0 Å². The van der Waals surface area contributed by atoms with Crippen molar-refractivity contribution in [1.82, 2.24) is 5.32 Å². The zero-order valence-electron chi connectivity index (χ0n) is 6.56. The van der Waals surface area contributed by atoms with E-state index in [0.29, 0.717) is 5.54 Å². The summed E-state index contributed by atoms with van der Waals surface area (Å²) in [6, 6.07) is 0. The summed E-state index contributed by atoms with van der Waals surface area (Å²) in [6.45, 7) is 7.40. The van der Waals surface area contributed by atoms with E-state index < -0.39 is 0 Å². The van der Waals surface area contributed by atoms with E-state index in [9.17, 15) is 0 Å². The SMILES string of the molecule is C=CC1CC2(C)NCCC12. The number of hydrogen-bond donors (Lipinski definition) is 1. The molecule has 0 aromatic rings. The molecule has 0 radical (unpaired) electrons. The van der Waals surface area contributed by atoms with Gasteiger partial charge in [0, 0.05) is 5.54 Å². The Bertz CT molecular complexity index is 164. The van der Waals surface area contributed by atoms with Gasteiger partial charge in [0.2, 0.25) is 0 Å². The average Bonchev–Trinajstić information content (AvgIpc) is 2.16. The lowest BCUT2D eigenvalue weighted by Crippen LogP contribution is -2.54. The van der Waals surface area contributed by atoms with E-state index in [1.165, 1.54) is 19.4 Å². The minimum atomic E-state index is 0.485. The van der Waals surface area contributed by atoms with Crippen LogP contribution < -0.4 is 5.32 Å². The fourth-order valence-electron chi connectivity index (χ4n) is 2.59. The molecular weight excluding hydrogens is 122 g/mol. The summed E-state index contributed by atoms with van der Waals surface area (Å²) >= 11 is 0. The predicted octanol–water partition coefficient (Wildman–Crippen LogP) is 1.56. The quantitative estimate of drug-likeness (QED) is 0.541. The summed E-state index contributed by atoms with van der Waals surface area (Å²) in [5.74, 6) is 1.70. The van der Waals surface area contributed by atoms with Crippen LogP contribution in [-0.2, 0) is 0 Å². The molecule has 0 aromatic heterocycles. The van der Waals surface area contributed by atoms with E-state index in [-0.39, 0.29) is 0 Å². The fourth-order valence-corrected chi connectivity index (χ4v) is 2.59. The molecule has 1 aliphatic heterocycles. The summed E-state index contributed by atoms with van der Waals surface area (Å²) < 4.78 is 0. The summed E-state index contributed by atoms with van der Waals surface area (Å²) in [5, 5.41) is 3.55. The second-order valence-corrected chi connectivity index (χ2v) is 3.84. The first kappa shape index (κ1) is 6.41. The van der Waals surface area contributed by atoms with Gasteiger partial charge in [-0.15, -0.1) is 6.58 Å². The zero-order chi connectivity index (χ0) is 7.19. The molecule has 1 heteroatoms. The van der Waals surface area contributed by atoms with Gasteiger partial charge in [-0.1, -0.05) is 6.08 Å². The van der Waals surface area contributed by atoms with E-state index >= 15 is 0 Å². The van der Waals surface area contributed by atoms with Crippen molar-refractivity contribution in [3.8, 4) is 0 Å². The van der Waals surface area contributed by atoms with Crippen molar-refractivity contribution in [2.75, 3.05) is 6.54 Å². The van der Waals surface area contributed by atoms with Crippen LogP contribution in [0.4, 0.5) is 0 Å². The van der Waals surface area contributed by atoms with Crippen molar-refractivity contribution in [3.05, 3.63) is 12.7 Å². The monoisotopic (exact) mass is 137 g/mol. The molecule has 1 N–H and O–H groups in total. The molecule has 0 aromatic carbocycles. The first-order valence-corrected chi connectivity index (χ1v) is 4.14. The average molecular weight is 137 g/mol. The number of allylic oxidation sites excluding steroid dienone is 1. The Morgan fingerprint density at radius 2 is 2.50 bits per heavy atom. The molecular formula is C9H15N. The highest BCUT2D eigenvalue weighted by Crippen LogP contribution is 2.49. The largest absolute Gasteiger partial charge is 0.311 e. The molecule has 1 saturated carbocycles. The molecule has 1 aliphatic carbocycles. The molecule has 1 saturated heterocycles. The Balaban J connectivity index is 2.10. The van der Waals surface area contributed by atoms with Crippen molar-refractivity contribution in [1.29, 1.82) is 0 Å². The molecule has 2 aliphatic rings. The molecule has 3 unspecified atom stereocenters. The minimum absolute atomic E-state index is 0.485. The standard InChI is InChI=1S/C9H15N/c1-3-7-6-9(2)8(7)4-5-10-9/h3,7-8,10H,1,4-6H2,2H3. The fraction of sp³-hybridized carbons (Fsp3) is 0.778. The molecule has 0 spiro atoms. The molecule has 1 nitrogen and oxygen atoms in total. The second kappa shape index (κ2) is 1.85. The first-order valence-electron chi connectivity index (χ1n) is 4.14. The van der Waals surface area contributed by atoms with Gasteiger partial charge in [0.1, 0.15) is 0 Å². The highest BCUT2D eigenvalue weighted by atomic mass is 15.0. The maximum absolute atomic E-state index is 3.85. The molecule has 3 atom stereocenters. The second-order valence-electron chi connectivity index (χ2n) is 3.84. The van der Waals surface area contributed by atoms with Gasteiger partial charge in [-0.25, -0.2) is 0 Å². The topological polar surface area (TPSA) is 12.0 Å². The number of rotatable bonds is 1. The smallest absolute Gasteiger partial charge is 0.0193 e. The van der Waals surface area contributed by atoms with Crippen LogP contribution in [0.1, 0.15) is 19.8 Å². The van der Waals surface area contributed by atoms with E-state index in [1.807, 2.05) is 0 Å². The molecule has 10 heavy (non-hydrogen) atoms. The maximum Gasteiger partial charge on any atom is 0.0193 e. The van der Waals surface area contributed by atoms with Gasteiger partial charge in [0.05, 0.1) is 0 Å². The van der Waals surface area contributed by atoms with E-state index in [4.69, 9.17) is 0 Å². The number of fused-ring (bicyclic) bond motifs is 1. The highest BCUT2D eigenvalue weighted by Gasteiger charge is 2.51. The summed E-state index contributed by atoms with van der Waals surface area (Å²) in [5.41, 5.74) is 0.485. The van der Waals surface area contributed by atoms with Gasteiger partial charge in [-0.3, -0.25) is 0 Å². The van der Waals surface area contributed by atoms with Crippen LogP contribution in [0.5, 0.6) is 0 Å². The third-order valence-electron chi connectivity index (χ3n) is 3.28. The van der Waals surface area contributed by atoms with Crippen molar-refractivity contribution < 1.29 is 0 Å². The van der Waals surface area contributed by atoms with Crippen molar-refractivity contribution in [2.24, 2.45) is 11.8 Å². The summed E-state index contributed by atoms with van der Waals surface area (Å²) in [7, 11) is 0. The van der Waals surface area contributed by atoms with Gasteiger partial charge < -0.3 is 5.32 Å². The third kappa shape index (κ3) is 0.615. The molecule has 2 fully saturated rings. The van der Waals surface area contributed by atoms with Gasteiger partial charge in [-0.2, -0.15) is 0 Å². The number of hydrogen-bond acceptors (Lipinski definition) is 1. The van der Waals surface area contributed by atoms with Crippen molar-refractivity contribution >= 4 is 0 Å². The molecule has 56 valence electrons. The predicted molar refractivity (Wildman–Crippen MR) is 42.8 cm³/mol. The van der Waals surface area contributed by atoms with Crippen molar-refractivity contribution in [2.45, 2.75) is 25.3 Å². The molecule has 0 amide bonds. The molecule has 1 heterocycles. The van der Waals surface area contributed by atoms with Crippen LogP contribution in [0, 0.1) is 11.8 Å². The van der Waals surface area contributed by atoms with Crippen LogP contribution in [-0.4, -0.2) is 12.1 Å². The lowest BCUT2D eigenvalue weighted by molar-refractivity contribution is 0.0972. The first-order chi connectivity index (χ1) is 4.76. The van der Waals surface area contributed by atoms with Gasteiger partial charge in [-0.05, 0) is 38.1 Å². The van der Waals surface area contributed by atoms with Crippen LogP contribution in [0.15, 0.2) is 12.7 Å². The summed E-state index contributed by atoms with van der Waals surface area (Å²) in [4.78, 5) is 0. The van der Waals surface area contributed by atoms with Gasteiger partial charge in [0.25, 0.3) is 0 Å². The van der Waals surface area contributed by atoms with Gasteiger partial charge in [0.15, 0.2) is 0 Å². The highest BCUT2D eigenvalue weighted by molar-refractivity contribution is 5.13. The van der Waals surface area contributed by atoms with Crippen molar-refractivity contribution in [3.63, 3.8) is 0 Å². The Morgan fingerprint density at radius 3 is 3.10 bits per heavy atom. The molecule has 0 bridgehead atoms. The summed E-state index contributed by atoms with van der Waals surface area (Å²) in [6.07, 6.45) is 4.79. The number of nitrogens with one attached hydrogen (secondary N) is 1. The Morgan fingerprint density at radius 1 is 1.70 bits per heavy atom. The Hall–Kier alpha value is -0.300. The van der Waals surface area contributed by atoms with Crippen LogP contribution in [0.3, 0.4) is 0 Å². The normalized spacial score (nSPS) is 51.7. The van der Waals surface area contributed by atoms with Gasteiger partial charge >= 0.3 is 0 Å². The van der Waals surface area contributed by atoms with E-state index in [2.05, 4.69) is 24.9 Å². The lowest BCUT2D eigenvalue weighted by atomic mass is 9.61. The maximum atomic E-state index is 3.85. The Labute approximate surface area is 62.5 Å². The Kier molecular flexibility index (Phi) is 1.19.